The summed E-state index contributed by atoms with van der Waals surface area (Å²) in [5.74, 6) is 0. The third-order valence-electron chi connectivity index (χ3n) is 3.13. The Kier molecular flexibility index (Phi) is 6.82. The molecule has 0 aromatic carbocycles. The van der Waals surface area contributed by atoms with Crippen molar-refractivity contribution in [2.24, 2.45) is 0 Å². The summed E-state index contributed by atoms with van der Waals surface area (Å²) in [5, 5.41) is 27.4. The van der Waals surface area contributed by atoms with Crippen LogP contribution < -0.4 is 0 Å². The molecule has 1 rings (SSSR count). The molecule has 2 N–H and O–H groups in total. The van der Waals surface area contributed by atoms with Gasteiger partial charge in [0.2, 0.25) is 0 Å². The Morgan fingerprint density at radius 3 is 2.60 bits per heavy atom. The number of ether oxygens (including phenoxy) is 4. The maximum absolute atomic E-state index is 9.84. The molecule has 1 aliphatic rings. The van der Waals surface area contributed by atoms with Crippen LogP contribution in [0.4, 0.5) is 0 Å². The number of rotatable bonds is 8. The highest BCUT2D eigenvalue weighted by atomic mass is 16.7. The van der Waals surface area contributed by atoms with E-state index in [2.05, 4.69) is 0 Å². The molecule has 0 aliphatic carbocycles. The fraction of sp³-hybridized carbons (Fsp3) is 0.923. The first-order valence-electron chi connectivity index (χ1n) is 6.56. The lowest BCUT2D eigenvalue weighted by Gasteiger charge is -2.23. The van der Waals surface area contributed by atoms with E-state index in [-0.39, 0.29) is 32.7 Å². The largest absolute Gasteiger partial charge is 0.394 e. The van der Waals surface area contributed by atoms with Crippen LogP contribution in [0.3, 0.4) is 0 Å². The highest BCUT2D eigenvalue weighted by molar-refractivity contribution is 4.89. The zero-order valence-electron chi connectivity index (χ0n) is 12.1. The standard InChI is InChI=1S/C13H23NO6/c1-9-12(11(16)10(6-15)20-9)18-7-17-8-19-13(2,3)4-5-14/h9-12,15-16H,4,6-8H2,1-3H3/t9?,10?,11?,12-/m1/s1. The summed E-state index contributed by atoms with van der Waals surface area (Å²) in [4.78, 5) is 0. The number of hydrogen-bond donors (Lipinski definition) is 2. The SMILES string of the molecule is CC1OC(CO)C(O)[C@@H]1OCOCOC(C)(C)CC#N. The Morgan fingerprint density at radius 1 is 1.35 bits per heavy atom. The van der Waals surface area contributed by atoms with E-state index in [1.165, 1.54) is 0 Å². The van der Waals surface area contributed by atoms with Gasteiger partial charge in [-0.2, -0.15) is 5.26 Å². The van der Waals surface area contributed by atoms with Gasteiger partial charge in [-0.15, -0.1) is 0 Å². The van der Waals surface area contributed by atoms with E-state index in [9.17, 15) is 5.11 Å². The smallest absolute Gasteiger partial charge is 0.150 e. The Balaban J connectivity index is 2.20. The number of nitriles is 1. The van der Waals surface area contributed by atoms with Gasteiger partial charge in [0.15, 0.2) is 0 Å². The van der Waals surface area contributed by atoms with Crippen LogP contribution in [0.15, 0.2) is 0 Å². The van der Waals surface area contributed by atoms with Crippen molar-refractivity contribution >= 4 is 0 Å². The van der Waals surface area contributed by atoms with E-state index in [4.69, 9.17) is 29.3 Å². The number of aliphatic hydroxyl groups excluding tert-OH is 2. The van der Waals surface area contributed by atoms with Gasteiger partial charge in [0, 0.05) is 0 Å². The Morgan fingerprint density at radius 2 is 2.05 bits per heavy atom. The van der Waals surface area contributed by atoms with Crippen molar-refractivity contribution in [3.05, 3.63) is 0 Å². The average Bonchev–Trinajstić information content (AvgIpc) is 2.65. The molecule has 0 aromatic rings. The van der Waals surface area contributed by atoms with Crippen molar-refractivity contribution in [2.45, 2.75) is 57.2 Å². The summed E-state index contributed by atoms with van der Waals surface area (Å²) in [6, 6.07) is 2.03. The van der Waals surface area contributed by atoms with E-state index < -0.39 is 23.9 Å². The van der Waals surface area contributed by atoms with Crippen LogP contribution in [0.5, 0.6) is 0 Å². The van der Waals surface area contributed by atoms with E-state index in [1.54, 1.807) is 20.8 Å². The molecule has 0 spiro atoms. The highest BCUT2D eigenvalue weighted by Crippen LogP contribution is 2.23. The van der Waals surface area contributed by atoms with Gasteiger partial charge in [-0.3, -0.25) is 0 Å². The topological polar surface area (TPSA) is 101 Å². The maximum atomic E-state index is 9.84. The van der Waals surface area contributed by atoms with Gasteiger partial charge < -0.3 is 29.2 Å². The quantitative estimate of drug-likeness (QED) is 0.484. The third-order valence-corrected chi connectivity index (χ3v) is 3.13. The number of aliphatic hydroxyl groups is 2. The second-order valence-electron chi connectivity index (χ2n) is 5.36. The monoisotopic (exact) mass is 289 g/mol. The van der Waals surface area contributed by atoms with E-state index in [1.807, 2.05) is 6.07 Å². The van der Waals surface area contributed by atoms with Gasteiger partial charge in [0.05, 0.1) is 30.8 Å². The van der Waals surface area contributed by atoms with E-state index in [0.29, 0.717) is 0 Å². The van der Waals surface area contributed by atoms with Crippen LogP contribution in [0.2, 0.25) is 0 Å². The van der Waals surface area contributed by atoms with Crippen LogP contribution in [-0.2, 0) is 18.9 Å². The third kappa shape index (κ3) is 4.98. The molecule has 7 nitrogen and oxygen atoms in total. The Labute approximate surface area is 119 Å². The van der Waals surface area contributed by atoms with Crippen LogP contribution in [0.1, 0.15) is 27.2 Å². The van der Waals surface area contributed by atoms with Crippen molar-refractivity contribution in [3.63, 3.8) is 0 Å². The zero-order chi connectivity index (χ0) is 15.2. The fourth-order valence-electron chi connectivity index (χ4n) is 1.91. The molecule has 1 fully saturated rings. The van der Waals surface area contributed by atoms with Crippen LogP contribution >= 0.6 is 0 Å². The Hall–Kier alpha value is -0.750. The molecule has 116 valence electrons. The molecular weight excluding hydrogens is 266 g/mol. The van der Waals surface area contributed by atoms with Crippen molar-refractivity contribution in [1.29, 1.82) is 5.26 Å². The highest BCUT2D eigenvalue weighted by Gasteiger charge is 2.41. The first-order valence-corrected chi connectivity index (χ1v) is 6.56. The Bertz CT molecular complexity index is 329. The minimum Gasteiger partial charge on any atom is -0.394 e. The molecule has 4 atom stereocenters. The number of nitrogens with zero attached hydrogens (tertiary/aromatic N) is 1. The minimum atomic E-state index is -0.880. The van der Waals surface area contributed by atoms with Gasteiger partial charge >= 0.3 is 0 Å². The molecule has 1 aliphatic heterocycles. The molecule has 0 aromatic heterocycles. The number of hydrogen-bond acceptors (Lipinski definition) is 7. The minimum absolute atomic E-state index is 0.00381. The maximum Gasteiger partial charge on any atom is 0.150 e. The first kappa shape index (κ1) is 17.3. The fourth-order valence-corrected chi connectivity index (χ4v) is 1.91. The molecule has 3 unspecified atom stereocenters. The van der Waals surface area contributed by atoms with Crippen LogP contribution in [-0.4, -0.2) is 60.4 Å². The summed E-state index contributed by atoms with van der Waals surface area (Å²) in [6.45, 7) is 5.03. The van der Waals surface area contributed by atoms with Crippen molar-refractivity contribution in [3.8, 4) is 6.07 Å². The molecule has 0 saturated carbocycles. The summed E-state index contributed by atoms with van der Waals surface area (Å²) in [7, 11) is 0. The van der Waals surface area contributed by atoms with Crippen molar-refractivity contribution in [1.82, 2.24) is 0 Å². The van der Waals surface area contributed by atoms with Crippen molar-refractivity contribution in [2.75, 3.05) is 20.2 Å². The molecular formula is C13H23NO6. The van der Waals surface area contributed by atoms with E-state index >= 15 is 0 Å². The van der Waals surface area contributed by atoms with Gasteiger partial charge in [-0.05, 0) is 20.8 Å². The average molecular weight is 289 g/mol. The van der Waals surface area contributed by atoms with Crippen molar-refractivity contribution < 1.29 is 29.2 Å². The van der Waals surface area contributed by atoms with Gasteiger partial charge in [0.25, 0.3) is 0 Å². The van der Waals surface area contributed by atoms with E-state index in [0.717, 1.165) is 0 Å². The second-order valence-corrected chi connectivity index (χ2v) is 5.36. The van der Waals surface area contributed by atoms with Gasteiger partial charge in [-0.25, -0.2) is 0 Å². The lowest BCUT2D eigenvalue weighted by atomic mass is 10.1. The molecule has 1 heterocycles. The lowest BCUT2D eigenvalue weighted by Crippen LogP contribution is -2.36. The molecule has 1 saturated heterocycles. The normalized spacial score (nSPS) is 30.4. The molecule has 0 bridgehead atoms. The summed E-state index contributed by atoms with van der Waals surface area (Å²) in [5.41, 5.74) is -0.569. The summed E-state index contributed by atoms with van der Waals surface area (Å²) < 4.78 is 21.2. The van der Waals surface area contributed by atoms with Gasteiger partial charge in [-0.1, -0.05) is 0 Å². The van der Waals surface area contributed by atoms with Gasteiger partial charge in [0.1, 0.15) is 31.9 Å². The zero-order valence-corrected chi connectivity index (χ0v) is 12.1. The predicted molar refractivity (Wildman–Crippen MR) is 68.5 cm³/mol. The molecule has 7 heteroatoms. The summed E-state index contributed by atoms with van der Waals surface area (Å²) >= 11 is 0. The second kappa shape index (κ2) is 7.88. The van der Waals surface area contributed by atoms with Crippen LogP contribution in [0, 0.1) is 11.3 Å². The molecule has 0 amide bonds. The molecule has 0 radical (unpaired) electrons. The van der Waals surface area contributed by atoms with Crippen LogP contribution in [0.25, 0.3) is 0 Å². The lowest BCUT2D eigenvalue weighted by molar-refractivity contribution is -0.192. The predicted octanol–water partition coefficient (Wildman–Crippen LogP) is 0.153. The molecule has 20 heavy (non-hydrogen) atoms. The first-order chi connectivity index (χ1) is 9.41. The summed E-state index contributed by atoms with van der Waals surface area (Å²) in [6.07, 6.45) is -2.10.